The monoisotopic (exact) mass is 967 g/mol. The molecule has 1 unspecified atom stereocenters. The van der Waals surface area contributed by atoms with Gasteiger partial charge in [-0.2, -0.15) is 0 Å². The molecule has 0 aromatic heterocycles. The van der Waals surface area contributed by atoms with Gasteiger partial charge in [0, 0.05) is 19.3 Å². The van der Waals surface area contributed by atoms with E-state index in [1.165, 1.54) is 186 Å². The molecule has 0 aliphatic rings. The van der Waals surface area contributed by atoms with Crippen LogP contribution in [-0.4, -0.2) is 37.2 Å². The maximum atomic E-state index is 12.9. The summed E-state index contributed by atoms with van der Waals surface area (Å²) in [6, 6.07) is 0. The van der Waals surface area contributed by atoms with Gasteiger partial charge in [-0.1, -0.05) is 262 Å². The average Bonchev–Trinajstić information content (AvgIpc) is 3.35. The summed E-state index contributed by atoms with van der Waals surface area (Å²) in [6.07, 6.45) is 71.0. The molecule has 69 heavy (non-hydrogen) atoms. The zero-order valence-electron chi connectivity index (χ0n) is 46.1. The van der Waals surface area contributed by atoms with Crippen LogP contribution in [0.5, 0.6) is 0 Å². The largest absolute Gasteiger partial charge is 0.462 e. The summed E-state index contributed by atoms with van der Waals surface area (Å²) in [7, 11) is 0. The van der Waals surface area contributed by atoms with E-state index >= 15 is 0 Å². The molecule has 0 spiro atoms. The van der Waals surface area contributed by atoms with Crippen LogP contribution in [0.1, 0.15) is 316 Å². The van der Waals surface area contributed by atoms with Crippen molar-refractivity contribution in [3.63, 3.8) is 0 Å². The van der Waals surface area contributed by atoms with Gasteiger partial charge in [0.05, 0.1) is 0 Å². The van der Waals surface area contributed by atoms with E-state index in [0.29, 0.717) is 19.3 Å². The van der Waals surface area contributed by atoms with Crippen molar-refractivity contribution in [3.05, 3.63) is 48.6 Å². The highest BCUT2D eigenvalue weighted by molar-refractivity contribution is 5.71. The van der Waals surface area contributed by atoms with Crippen molar-refractivity contribution in [2.75, 3.05) is 13.2 Å². The van der Waals surface area contributed by atoms with Crippen LogP contribution in [0, 0.1) is 0 Å². The van der Waals surface area contributed by atoms with Crippen molar-refractivity contribution in [2.24, 2.45) is 0 Å². The first-order valence-corrected chi connectivity index (χ1v) is 30.1. The number of carbonyl (C=O) groups excluding carboxylic acids is 3. The van der Waals surface area contributed by atoms with Gasteiger partial charge in [-0.25, -0.2) is 0 Å². The van der Waals surface area contributed by atoms with Gasteiger partial charge in [0.1, 0.15) is 13.2 Å². The standard InChI is InChI=1S/C63H114O6/c1-4-7-10-13-16-19-22-25-28-29-30-31-32-33-36-38-41-44-47-50-53-56-62(65)68-59-60(69-63(66)57-54-51-48-45-42-39-35-27-24-21-18-15-12-9-6-3)58-67-61(64)55-52-49-46-43-40-37-34-26-23-20-17-14-11-8-5-2/h22,25,27,29-30,32-33,35,60H,4-21,23-24,26,28,31,34,36-59H2,1-3H3/b25-22-,30-29-,33-32-,35-27-. The number of carbonyl (C=O) groups is 3. The Labute approximate surface area is 428 Å². The van der Waals surface area contributed by atoms with Crippen molar-refractivity contribution < 1.29 is 28.6 Å². The summed E-state index contributed by atoms with van der Waals surface area (Å²) < 4.78 is 16.9. The fourth-order valence-corrected chi connectivity index (χ4v) is 8.74. The molecule has 6 heteroatoms. The fourth-order valence-electron chi connectivity index (χ4n) is 8.74. The first-order valence-electron chi connectivity index (χ1n) is 30.1. The maximum absolute atomic E-state index is 12.9. The molecule has 0 aliphatic heterocycles. The van der Waals surface area contributed by atoms with Crippen molar-refractivity contribution in [3.8, 4) is 0 Å². The van der Waals surface area contributed by atoms with Crippen LogP contribution in [0.3, 0.4) is 0 Å². The predicted octanol–water partition coefficient (Wildman–Crippen LogP) is 20.2. The van der Waals surface area contributed by atoms with E-state index in [1.807, 2.05) is 0 Å². The zero-order valence-corrected chi connectivity index (χ0v) is 46.1. The summed E-state index contributed by atoms with van der Waals surface area (Å²) in [4.78, 5) is 38.2. The summed E-state index contributed by atoms with van der Waals surface area (Å²) in [6.45, 7) is 6.64. The Kier molecular flexibility index (Phi) is 55.7. The minimum atomic E-state index is -0.781. The maximum Gasteiger partial charge on any atom is 0.306 e. The highest BCUT2D eigenvalue weighted by Gasteiger charge is 2.19. The Morgan fingerprint density at radius 3 is 0.826 bits per heavy atom. The number of esters is 3. The van der Waals surface area contributed by atoms with Crippen LogP contribution in [-0.2, 0) is 28.6 Å². The number of allylic oxidation sites excluding steroid dienone is 8. The topological polar surface area (TPSA) is 78.9 Å². The second-order valence-electron chi connectivity index (χ2n) is 20.3. The van der Waals surface area contributed by atoms with Gasteiger partial charge in [-0.05, 0) is 83.5 Å². The molecule has 0 radical (unpaired) electrons. The van der Waals surface area contributed by atoms with Gasteiger partial charge in [0.15, 0.2) is 6.10 Å². The fraction of sp³-hybridized carbons (Fsp3) is 0.825. The molecule has 6 nitrogen and oxygen atoms in total. The third-order valence-corrected chi connectivity index (χ3v) is 13.3. The van der Waals surface area contributed by atoms with Crippen molar-refractivity contribution in [1.29, 1.82) is 0 Å². The normalized spacial score (nSPS) is 12.3. The lowest BCUT2D eigenvalue weighted by Gasteiger charge is -2.18. The molecule has 0 aliphatic carbocycles. The molecule has 0 heterocycles. The highest BCUT2D eigenvalue weighted by atomic mass is 16.6. The average molecular weight is 968 g/mol. The van der Waals surface area contributed by atoms with Gasteiger partial charge < -0.3 is 14.2 Å². The van der Waals surface area contributed by atoms with Crippen molar-refractivity contribution >= 4 is 17.9 Å². The van der Waals surface area contributed by atoms with Gasteiger partial charge >= 0.3 is 17.9 Å². The van der Waals surface area contributed by atoms with Gasteiger partial charge in [-0.15, -0.1) is 0 Å². The molecule has 0 rings (SSSR count). The minimum absolute atomic E-state index is 0.0776. The van der Waals surface area contributed by atoms with Gasteiger partial charge in [0.2, 0.25) is 0 Å². The third-order valence-electron chi connectivity index (χ3n) is 13.3. The molecule has 0 aromatic carbocycles. The van der Waals surface area contributed by atoms with Crippen LogP contribution in [0.25, 0.3) is 0 Å². The Morgan fingerprint density at radius 1 is 0.290 bits per heavy atom. The Balaban J connectivity index is 4.36. The SMILES string of the molecule is CCCCCCC/C=C\C/C=C\C/C=C\CCCCCCCCC(=O)OCC(COC(=O)CCCCCCCCCCCCCCCCC)OC(=O)CCCCCCC/C=C\CCCCCCCC. The molecule has 402 valence electrons. The quantitative estimate of drug-likeness (QED) is 0.0262. The van der Waals surface area contributed by atoms with Gasteiger partial charge in [-0.3, -0.25) is 14.4 Å². The molecule has 0 bridgehead atoms. The van der Waals surface area contributed by atoms with Crippen LogP contribution >= 0.6 is 0 Å². The molecule has 0 aromatic rings. The molecular weight excluding hydrogens is 853 g/mol. The lowest BCUT2D eigenvalue weighted by atomic mass is 10.0. The van der Waals surface area contributed by atoms with E-state index in [1.54, 1.807) is 0 Å². The number of hydrogen-bond donors (Lipinski definition) is 0. The van der Waals surface area contributed by atoms with E-state index in [2.05, 4.69) is 69.4 Å². The predicted molar refractivity (Wildman–Crippen MR) is 298 cm³/mol. The summed E-state index contributed by atoms with van der Waals surface area (Å²) in [5.41, 5.74) is 0. The van der Waals surface area contributed by atoms with Crippen LogP contribution in [0.15, 0.2) is 48.6 Å². The Hall–Kier alpha value is -2.63. The van der Waals surface area contributed by atoms with Crippen molar-refractivity contribution in [1.82, 2.24) is 0 Å². The summed E-state index contributed by atoms with van der Waals surface area (Å²) >= 11 is 0. The number of rotatable bonds is 55. The Morgan fingerprint density at radius 2 is 0.522 bits per heavy atom. The highest BCUT2D eigenvalue weighted by Crippen LogP contribution is 2.16. The van der Waals surface area contributed by atoms with E-state index in [9.17, 15) is 14.4 Å². The first kappa shape index (κ1) is 66.4. The lowest BCUT2D eigenvalue weighted by Crippen LogP contribution is -2.30. The van der Waals surface area contributed by atoms with E-state index in [4.69, 9.17) is 14.2 Å². The molecule has 0 amide bonds. The summed E-state index contributed by atoms with van der Waals surface area (Å²) in [5.74, 6) is -0.883. The molecule has 0 N–H and O–H groups in total. The Bertz CT molecular complexity index is 1200. The van der Waals surface area contributed by atoms with E-state index < -0.39 is 6.10 Å². The van der Waals surface area contributed by atoms with Crippen LogP contribution < -0.4 is 0 Å². The minimum Gasteiger partial charge on any atom is -0.462 e. The molecule has 0 saturated carbocycles. The molecule has 0 fully saturated rings. The zero-order chi connectivity index (χ0) is 50.0. The molecular formula is C63H114O6. The van der Waals surface area contributed by atoms with Crippen LogP contribution in [0.4, 0.5) is 0 Å². The molecule has 0 saturated heterocycles. The first-order chi connectivity index (χ1) is 34.0. The lowest BCUT2D eigenvalue weighted by molar-refractivity contribution is -0.167. The number of unbranched alkanes of at least 4 members (excludes halogenated alkanes) is 36. The number of hydrogen-bond acceptors (Lipinski definition) is 6. The summed E-state index contributed by atoms with van der Waals surface area (Å²) in [5, 5.41) is 0. The second kappa shape index (κ2) is 57.9. The van der Waals surface area contributed by atoms with Crippen molar-refractivity contribution in [2.45, 2.75) is 322 Å². The van der Waals surface area contributed by atoms with Gasteiger partial charge in [0.25, 0.3) is 0 Å². The van der Waals surface area contributed by atoms with E-state index in [-0.39, 0.29) is 31.1 Å². The number of ether oxygens (including phenoxy) is 3. The molecule has 1 atom stereocenters. The smallest absolute Gasteiger partial charge is 0.306 e. The van der Waals surface area contributed by atoms with Crippen LogP contribution in [0.2, 0.25) is 0 Å². The second-order valence-corrected chi connectivity index (χ2v) is 20.3. The third kappa shape index (κ3) is 56.2. The van der Waals surface area contributed by atoms with E-state index in [0.717, 1.165) is 89.9 Å².